The molecule has 0 nitrogen and oxygen atoms in total. The zero-order chi connectivity index (χ0) is 22.4. The zero-order valence-corrected chi connectivity index (χ0v) is 20.6. The van der Waals surface area contributed by atoms with Gasteiger partial charge in [-0.15, -0.1) is 0 Å². The predicted molar refractivity (Wildman–Crippen MR) is 137 cm³/mol. The van der Waals surface area contributed by atoms with E-state index in [1.807, 2.05) is 0 Å². The molecule has 1 spiro atoms. The van der Waals surface area contributed by atoms with E-state index < -0.39 is 0 Å². The summed E-state index contributed by atoms with van der Waals surface area (Å²) >= 11 is 0. The number of hydrogen-bond acceptors (Lipinski definition) is 0. The number of allylic oxidation sites excluding steroid dienone is 6. The lowest BCUT2D eigenvalue weighted by Gasteiger charge is -2.49. The molecule has 0 aromatic heterocycles. The summed E-state index contributed by atoms with van der Waals surface area (Å²) in [5, 5.41) is 0. The lowest BCUT2D eigenvalue weighted by molar-refractivity contribution is 0.0582. The minimum atomic E-state index is 0.543. The average molecular weight is 417 g/mol. The first-order chi connectivity index (χ1) is 14.9. The van der Waals surface area contributed by atoms with Gasteiger partial charge in [-0.1, -0.05) is 86.6 Å². The molecule has 0 aliphatic heterocycles. The van der Waals surface area contributed by atoms with Crippen LogP contribution in [0.25, 0.3) is 0 Å². The Morgan fingerprint density at radius 2 is 1.74 bits per heavy atom. The number of hydrogen-bond donors (Lipinski definition) is 0. The SMILES string of the molecule is C=C(C)/C(=C\C(C)=C/C)C(=C)C1CCC2(CC1)CC(CCC)CC(c1ccccc1)C2. The van der Waals surface area contributed by atoms with E-state index in [0.717, 1.165) is 17.4 Å². The van der Waals surface area contributed by atoms with Crippen molar-refractivity contribution in [3.05, 3.63) is 83.5 Å². The van der Waals surface area contributed by atoms with Gasteiger partial charge < -0.3 is 0 Å². The minimum Gasteiger partial charge on any atom is -0.0955 e. The summed E-state index contributed by atoms with van der Waals surface area (Å²) in [4.78, 5) is 0. The van der Waals surface area contributed by atoms with Crippen molar-refractivity contribution in [2.24, 2.45) is 17.3 Å². The van der Waals surface area contributed by atoms with Crippen LogP contribution >= 0.6 is 0 Å². The summed E-state index contributed by atoms with van der Waals surface area (Å²) < 4.78 is 0. The normalized spacial score (nSPS) is 29.7. The van der Waals surface area contributed by atoms with Gasteiger partial charge in [-0.05, 0) is 106 Å². The lowest BCUT2D eigenvalue weighted by atomic mass is 9.56. The molecule has 0 saturated heterocycles. The van der Waals surface area contributed by atoms with Crippen LogP contribution in [0.1, 0.15) is 97.0 Å². The first-order valence-corrected chi connectivity index (χ1v) is 12.6. The Morgan fingerprint density at radius 1 is 1.06 bits per heavy atom. The van der Waals surface area contributed by atoms with Gasteiger partial charge >= 0.3 is 0 Å². The summed E-state index contributed by atoms with van der Waals surface area (Å²) in [6.07, 6.45) is 16.7. The third-order valence-electron chi connectivity index (χ3n) is 8.16. The molecule has 0 radical (unpaired) electrons. The molecule has 31 heavy (non-hydrogen) atoms. The molecule has 0 bridgehead atoms. The van der Waals surface area contributed by atoms with E-state index in [1.54, 1.807) is 5.56 Å². The summed E-state index contributed by atoms with van der Waals surface area (Å²) in [5.41, 5.74) is 7.17. The van der Waals surface area contributed by atoms with Crippen LogP contribution in [0.15, 0.2) is 77.9 Å². The van der Waals surface area contributed by atoms with E-state index in [1.165, 1.54) is 74.5 Å². The van der Waals surface area contributed by atoms with Crippen LogP contribution in [-0.2, 0) is 0 Å². The zero-order valence-electron chi connectivity index (χ0n) is 20.6. The summed E-state index contributed by atoms with van der Waals surface area (Å²) in [7, 11) is 0. The molecule has 2 unspecified atom stereocenters. The van der Waals surface area contributed by atoms with Crippen molar-refractivity contribution < 1.29 is 0 Å². The van der Waals surface area contributed by atoms with Gasteiger partial charge in [-0.25, -0.2) is 0 Å². The van der Waals surface area contributed by atoms with Crippen molar-refractivity contribution in [3.63, 3.8) is 0 Å². The molecular weight excluding hydrogens is 372 g/mol. The molecule has 2 aliphatic rings. The maximum absolute atomic E-state index is 4.57. The quantitative estimate of drug-likeness (QED) is 0.388. The molecule has 0 N–H and O–H groups in total. The molecule has 3 rings (SSSR count). The third-order valence-corrected chi connectivity index (χ3v) is 8.16. The average Bonchev–Trinajstić information content (AvgIpc) is 2.77. The smallest absolute Gasteiger partial charge is 0.0154 e. The molecule has 1 aromatic rings. The molecule has 0 heterocycles. The van der Waals surface area contributed by atoms with Crippen LogP contribution in [0.5, 0.6) is 0 Å². The van der Waals surface area contributed by atoms with E-state index in [-0.39, 0.29) is 0 Å². The Bertz CT molecular complexity index is 811. The van der Waals surface area contributed by atoms with Crippen molar-refractivity contribution in [3.8, 4) is 0 Å². The van der Waals surface area contributed by atoms with Gasteiger partial charge in [0.2, 0.25) is 0 Å². The topological polar surface area (TPSA) is 0 Å². The van der Waals surface area contributed by atoms with E-state index in [0.29, 0.717) is 11.3 Å². The second kappa shape index (κ2) is 10.7. The Labute approximate surface area is 192 Å². The van der Waals surface area contributed by atoms with Crippen LogP contribution in [0.2, 0.25) is 0 Å². The van der Waals surface area contributed by atoms with Crippen LogP contribution in [0.4, 0.5) is 0 Å². The molecule has 2 saturated carbocycles. The van der Waals surface area contributed by atoms with Gasteiger partial charge in [0, 0.05) is 0 Å². The van der Waals surface area contributed by atoms with Gasteiger partial charge in [-0.2, -0.15) is 0 Å². The van der Waals surface area contributed by atoms with Crippen molar-refractivity contribution in [2.45, 2.75) is 91.4 Å². The molecule has 1 aromatic carbocycles. The molecule has 0 amide bonds. The van der Waals surface area contributed by atoms with Crippen molar-refractivity contribution in [2.75, 3.05) is 0 Å². The Balaban J connectivity index is 1.74. The Hall–Kier alpha value is -1.82. The van der Waals surface area contributed by atoms with Crippen LogP contribution < -0.4 is 0 Å². The Morgan fingerprint density at radius 3 is 2.32 bits per heavy atom. The maximum atomic E-state index is 4.57. The van der Waals surface area contributed by atoms with E-state index in [9.17, 15) is 0 Å². The second-order valence-electron chi connectivity index (χ2n) is 10.6. The van der Waals surface area contributed by atoms with Crippen LogP contribution in [0, 0.1) is 17.3 Å². The highest BCUT2D eigenvalue weighted by atomic mass is 14.5. The highest BCUT2D eigenvalue weighted by molar-refractivity contribution is 5.48. The summed E-state index contributed by atoms with van der Waals surface area (Å²) in [6.45, 7) is 17.6. The van der Waals surface area contributed by atoms with E-state index in [4.69, 9.17) is 0 Å². The molecule has 2 atom stereocenters. The Kier molecular flexibility index (Phi) is 8.20. The standard InChI is InChI=1S/C31H44/c1-7-12-26-20-29(28-13-10-9-11-14-28)22-31(21-26)17-15-27(16-18-31)25(6)30(23(3)4)19-24(5)8-2/h8-11,13-14,19,26-27,29H,3,6-7,12,15-18,20-22H2,1-2,4-5H3/b24-8-,30-19+. The monoisotopic (exact) mass is 416 g/mol. The fraction of sp³-hybridized carbons (Fsp3) is 0.548. The predicted octanol–water partition coefficient (Wildman–Crippen LogP) is 9.57. The molecule has 2 aliphatic carbocycles. The lowest BCUT2D eigenvalue weighted by Crippen LogP contribution is -2.36. The molecule has 2 fully saturated rings. The minimum absolute atomic E-state index is 0.543. The van der Waals surface area contributed by atoms with E-state index >= 15 is 0 Å². The summed E-state index contributed by atoms with van der Waals surface area (Å²) in [5.74, 6) is 2.25. The fourth-order valence-corrected chi connectivity index (χ4v) is 6.40. The largest absolute Gasteiger partial charge is 0.0955 e. The summed E-state index contributed by atoms with van der Waals surface area (Å²) in [6, 6.07) is 11.3. The van der Waals surface area contributed by atoms with Crippen molar-refractivity contribution in [1.29, 1.82) is 0 Å². The maximum Gasteiger partial charge on any atom is -0.0154 e. The van der Waals surface area contributed by atoms with E-state index in [2.05, 4.69) is 83.3 Å². The molecular formula is C31H44. The number of benzene rings is 1. The van der Waals surface area contributed by atoms with Crippen molar-refractivity contribution >= 4 is 0 Å². The number of rotatable bonds is 7. The third kappa shape index (κ3) is 5.91. The van der Waals surface area contributed by atoms with Gasteiger partial charge in [0.15, 0.2) is 0 Å². The van der Waals surface area contributed by atoms with Gasteiger partial charge in [-0.3, -0.25) is 0 Å². The fourth-order valence-electron chi connectivity index (χ4n) is 6.40. The van der Waals surface area contributed by atoms with Gasteiger partial charge in [0.1, 0.15) is 0 Å². The first kappa shape index (κ1) is 23.8. The van der Waals surface area contributed by atoms with Gasteiger partial charge in [0.25, 0.3) is 0 Å². The van der Waals surface area contributed by atoms with Crippen molar-refractivity contribution in [1.82, 2.24) is 0 Å². The van der Waals surface area contributed by atoms with Crippen LogP contribution in [-0.4, -0.2) is 0 Å². The highest BCUT2D eigenvalue weighted by Crippen LogP contribution is 2.56. The van der Waals surface area contributed by atoms with Gasteiger partial charge in [0.05, 0.1) is 0 Å². The second-order valence-corrected chi connectivity index (χ2v) is 10.6. The van der Waals surface area contributed by atoms with Crippen LogP contribution in [0.3, 0.4) is 0 Å². The highest BCUT2D eigenvalue weighted by Gasteiger charge is 2.43. The molecule has 0 heteroatoms. The first-order valence-electron chi connectivity index (χ1n) is 12.6. The molecule has 168 valence electrons.